The van der Waals surface area contributed by atoms with Crippen molar-refractivity contribution in [3.63, 3.8) is 0 Å². The molecule has 1 atom stereocenters. The van der Waals surface area contributed by atoms with Crippen molar-refractivity contribution in [3.05, 3.63) is 12.7 Å². The summed E-state index contributed by atoms with van der Waals surface area (Å²) in [4.78, 5) is 2.68. The van der Waals surface area contributed by atoms with E-state index in [4.69, 9.17) is 5.73 Å². The van der Waals surface area contributed by atoms with Crippen molar-refractivity contribution in [3.8, 4) is 0 Å². The maximum absolute atomic E-state index is 5.78. The van der Waals surface area contributed by atoms with E-state index < -0.39 is 0 Å². The fourth-order valence-corrected chi connectivity index (χ4v) is 6.82. The molecule has 2 nitrogen and oxygen atoms in total. The summed E-state index contributed by atoms with van der Waals surface area (Å²) in [5, 5.41) is 0. The van der Waals surface area contributed by atoms with Crippen LogP contribution in [0.2, 0.25) is 0 Å². The first-order chi connectivity index (χ1) is 23.7. The molecule has 2 heteroatoms. The van der Waals surface area contributed by atoms with Crippen LogP contribution in [0.1, 0.15) is 262 Å². The number of nitrogens with two attached hydrogens (primary N) is 1. The minimum absolute atomic E-state index is 0. The van der Waals surface area contributed by atoms with Crippen molar-refractivity contribution in [1.82, 2.24) is 4.90 Å². The Hall–Kier alpha value is -0.340. The summed E-state index contributed by atoms with van der Waals surface area (Å²) in [5.41, 5.74) is 5.78. The predicted octanol–water partition coefficient (Wildman–Crippen LogP) is 16.9. The van der Waals surface area contributed by atoms with Crippen molar-refractivity contribution >= 4 is 0 Å². The highest BCUT2D eigenvalue weighted by atomic mass is 15.1. The van der Waals surface area contributed by atoms with E-state index in [1.165, 1.54) is 225 Å². The van der Waals surface area contributed by atoms with Crippen molar-refractivity contribution < 1.29 is 1.43 Å². The van der Waals surface area contributed by atoms with Crippen molar-refractivity contribution in [2.75, 3.05) is 26.2 Å². The molecule has 1 unspecified atom stereocenters. The van der Waals surface area contributed by atoms with Gasteiger partial charge in [-0.1, -0.05) is 235 Å². The summed E-state index contributed by atoms with van der Waals surface area (Å²) in [5.74, 6) is 1.02. The average molecular weight is 697 g/mol. The third-order valence-electron chi connectivity index (χ3n) is 10.0. The molecule has 0 radical (unpaired) electrons. The molecule has 0 fully saturated rings. The molecule has 0 spiro atoms. The van der Waals surface area contributed by atoms with Crippen LogP contribution in [-0.2, 0) is 0 Å². The van der Waals surface area contributed by atoms with Crippen LogP contribution in [0, 0.1) is 5.92 Å². The molecule has 0 saturated carbocycles. The van der Waals surface area contributed by atoms with Gasteiger partial charge in [0.15, 0.2) is 0 Å². The van der Waals surface area contributed by atoms with E-state index in [0.29, 0.717) is 0 Å². The molecule has 0 bridgehead atoms. The molecule has 0 rings (SSSR count). The summed E-state index contributed by atoms with van der Waals surface area (Å²) in [6.45, 7) is 21.6. The van der Waals surface area contributed by atoms with Crippen LogP contribution in [0.25, 0.3) is 0 Å². The zero-order valence-corrected chi connectivity index (χ0v) is 35.0. The zero-order chi connectivity index (χ0) is 36.0. The molecule has 0 aliphatic heterocycles. The van der Waals surface area contributed by atoms with Crippen molar-refractivity contribution in [2.24, 2.45) is 11.7 Å². The second-order valence-corrected chi connectivity index (χ2v) is 14.8. The summed E-state index contributed by atoms with van der Waals surface area (Å²) >= 11 is 0. The second kappa shape index (κ2) is 54.4. The minimum Gasteiger partial charge on any atom is -0.330 e. The smallest absolute Gasteiger partial charge is 0 e. The monoisotopic (exact) mass is 697 g/mol. The van der Waals surface area contributed by atoms with Crippen LogP contribution in [0.5, 0.6) is 0 Å². The lowest BCUT2D eigenvalue weighted by Crippen LogP contribution is -2.28. The van der Waals surface area contributed by atoms with Gasteiger partial charge in [0.2, 0.25) is 0 Å². The van der Waals surface area contributed by atoms with Crippen LogP contribution in [-0.4, -0.2) is 31.1 Å². The molecule has 0 aliphatic carbocycles. The normalized spacial score (nSPS) is 11.3. The number of unbranched alkanes of at least 4 members (excludes halogenated alkanes) is 24. The van der Waals surface area contributed by atoms with Crippen LogP contribution in [0.4, 0.5) is 0 Å². The van der Waals surface area contributed by atoms with Crippen LogP contribution < -0.4 is 5.73 Å². The van der Waals surface area contributed by atoms with E-state index in [9.17, 15) is 0 Å². The highest BCUT2D eigenvalue weighted by Crippen LogP contribution is 2.24. The Morgan fingerprint density at radius 2 is 0.735 bits per heavy atom. The van der Waals surface area contributed by atoms with Gasteiger partial charge in [0.1, 0.15) is 0 Å². The van der Waals surface area contributed by atoms with Gasteiger partial charge in [-0.3, -0.25) is 0 Å². The van der Waals surface area contributed by atoms with Crippen molar-refractivity contribution in [2.45, 2.75) is 261 Å². The molecule has 0 aromatic carbocycles. The van der Waals surface area contributed by atoms with Gasteiger partial charge in [-0.05, 0) is 64.2 Å². The Bertz CT molecular complexity index is 517. The van der Waals surface area contributed by atoms with Crippen molar-refractivity contribution in [1.29, 1.82) is 0 Å². The van der Waals surface area contributed by atoms with Gasteiger partial charge in [-0.15, -0.1) is 6.58 Å². The molecule has 0 amide bonds. The lowest BCUT2D eigenvalue weighted by Gasteiger charge is -2.22. The lowest BCUT2D eigenvalue weighted by molar-refractivity contribution is 0.258. The second-order valence-electron chi connectivity index (χ2n) is 14.8. The third-order valence-corrected chi connectivity index (χ3v) is 10.0. The molecule has 2 N–H and O–H groups in total. The Kier molecular flexibility index (Phi) is 61.6. The maximum atomic E-state index is 5.78. The predicted molar refractivity (Wildman–Crippen MR) is 234 cm³/mol. The molecule has 49 heavy (non-hydrogen) atoms. The van der Waals surface area contributed by atoms with E-state index in [1.807, 2.05) is 13.8 Å². The Balaban J connectivity index is -0.000000412. The highest BCUT2D eigenvalue weighted by molar-refractivity contribution is 4.66. The Labute approximate surface area is 316 Å². The van der Waals surface area contributed by atoms with Gasteiger partial charge in [-0.25, -0.2) is 0 Å². The average Bonchev–Trinajstić information content (AvgIpc) is 3.11. The largest absolute Gasteiger partial charge is 0.330 e. The van der Waals surface area contributed by atoms with E-state index in [1.54, 1.807) is 0 Å². The Morgan fingerprint density at radius 1 is 0.449 bits per heavy atom. The first-order valence-corrected chi connectivity index (χ1v) is 22.7. The molecular formula is C47H104N2. The summed E-state index contributed by atoms with van der Waals surface area (Å²) in [6, 6.07) is 0. The fourth-order valence-electron chi connectivity index (χ4n) is 6.82. The number of rotatable bonds is 38. The molecule has 0 aromatic heterocycles. The maximum Gasteiger partial charge on any atom is 0 e. The van der Waals surface area contributed by atoms with E-state index in [2.05, 4.69) is 45.2 Å². The molecule has 0 saturated heterocycles. The lowest BCUT2D eigenvalue weighted by atomic mass is 9.89. The van der Waals surface area contributed by atoms with Gasteiger partial charge in [0, 0.05) is 1.43 Å². The summed E-state index contributed by atoms with van der Waals surface area (Å²) < 4.78 is 0. The van der Waals surface area contributed by atoms with Crippen LogP contribution in [0.15, 0.2) is 12.7 Å². The summed E-state index contributed by atoms with van der Waals surface area (Å²) in [7, 11) is 0. The van der Waals surface area contributed by atoms with Gasteiger partial charge in [0.05, 0.1) is 0 Å². The quantitative estimate of drug-likeness (QED) is 0.0514. The molecule has 302 valence electrons. The highest BCUT2D eigenvalue weighted by Gasteiger charge is 2.09. The van der Waals surface area contributed by atoms with E-state index >= 15 is 0 Å². The molecule has 0 heterocycles. The van der Waals surface area contributed by atoms with Gasteiger partial charge in [-0.2, -0.15) is 0 Å². The van der Waals surface area contributed by atoms with Crippen LogP contribution >= 0.6 is 0 Å². The van der Waals surface area contributed by atoms with E-state index in [0.717, 1.165) is 18.9 Å². The van der Waals surface area contributed by atoms with Crippen LogP contribution in [0.3, 0.4) is 0 Å². The first-order valence-electron chi connectivity index (χ1n) is 22.7. The minimum atomic E-state index is 0. The van der Waals surface area contributed by atoms with Gasteiger partial charge < -0.3 is 10.6 Å². The van der Waals surface area contributed by atoms with Gasteiger partial charge >= 0.3 is 0 Å². The molecular weight excluding hydrogens is 593 g/mol. The summed E-state index contributed by atoms with van der Waals surface area (Å²) in [6.07, 6.45) is 48.8. The molecule has 0 aliphatic rings. The number of hydrogen-bond acceptors (Lipinski definition) is 2. The first kappa shape index (κ1) is 55.4. The standard InChI is InChI=1S/C34H70N2.C10H22.C2H6.CH4.H2/c1-4-7-10-13-19-24-31-36(33-26-30-35)32-25-20-16-14-15-18-23-29-34(27-21-12-9-6-3)28-22-17-11-8-5-2;1-3-5-7-9-10-8-6-4-2;1-2;;/h4,34H,1,5-33,35H2,2-3H3;3-10H2,1-2H3;1-2H3;1H4;1H. The number of hydrogen-bond donors (Lipinski definition) is 1. The van der Waals surface area contributed by atoms with E-state index in [-0.39, 0.29) is 8.85 Å². The Morgan fingerprint density at radius 3 is 1.08 bits per heavy atom. The fraction of sp³-hybridized carbons (Fsp3) is 0.957. The SMILES string of the molecule is C.C=CCCCCCCN(CCCN)CCCCCCCCCC(CCCCCC)CCCCCCC.CC.CCCCCCCCCC.[HH]. The number of nitrogens with zero attached hydrogens (tertiary/aromatic N) is 1. The van der Waals surface area contributed by atoms with Gasteiger partial charge in [0.25, 0.3) is 0 Å². The molecule has 0 aromatic rings. The topological polar surface area (TPSA) is 29.3 Å². The zero-order valence-electron chi connectivity index (χ0n) is 35.0. The third kappa shape index (κ3) is 52.1. The number of allylic oxidation sites excluding steroid dienone is 1.